The zero-order valence-corrected chi connectivity index (χ0v) is 23.9. The molecule has 1 fully saturated rings. The highest BCUT2D eigenvalue weighted by molar-refractivity contribution is 5.93. The number of nitrogens with zero attached hydrogens (tertiary/aromatic N) is 2. The maximum Gasteiger partial charge on any atom is 0.248 e. The summed E-state index contributed by atoms with van der Waals surface area (Å²) in [6.45, 7) is 12.3. The van der Waals surface area contributed by atoms with Crippen LogP contribution < -0.4 is 19.9 Å². The molecule has 7 nitrogen and oxygen atoms in total. The van der Waals surface area contributed by atoms with Crippen molar-refractivity contribution in [3.63, 3.8) is 0 Å². The van der Waals surface area contributed by atoms with Crippen LogP contribution in [0.3, 0.4) is 0 Å². The Morgan fingerprint density at radius 3 is 2.30 bits per heavy atom. The molecule has 0 radical (unpaired) electrons. The number of carbonyl (C=O) groups excluding carboxylic acids is 1. The number of nitrogens with two attached hydrogens (primary N) is 1. The highest BCUT2D eigenvalue weighted by Crippen LogP contribution is 2.27. The van der Waals surface area contributed by atoms with Crippen molar-refractivity contribution in [1.29, 1.82) is 0 Å². The minimum Gasteiger partial charge on any atom is -0.497 e. The van der Waals surface area contributed by atoms with E-state index in [1.807, 2.05) is 0 Å². The van der Waals surface area contributed by atoms with E-state index in [4.69, 9.17) is 19.9 Å². The second-order valence-corrected chi connectivity index (χ2v) is 10.3. The van der Waals surface area contributed by atoms with E-state index in [0.29, 0.717) is 17.1 Å². The van der Waals surface area contributed by atoms with Crippen LogP contribution in [-0.2, 0) is 6.54 Å². The van der Waals surface area contributed by atoms with E-state index < -0.39 is 5.91 Å². The minimum atomic E-state index is -0.503. The van der Waals surface area contributed by atoms with Gasteiger partial charge in [0.1, 0.15) is 17.2 Å². The number of hydrogen-bond donors (Lipinski definition) is 1. The van der Waals surface area contributed by atoms with Crippen molar-refractivity contribution in [1.82, 2.24) is 9.80 Å². The van der Waals surface area contributed by atoms with E-state index in [-0.39, 0.29) is 0 Å². The fourth-order valence-corrected chi connectivity index (χ4v) is 4.51. The second kappa shape index (κ2) is 15.5. The number of benzene rings is 2. The van der Waals surface area contributed by atoms with Crippen LogP contribution in [0.2, 0.25) is 0 Å². The number of unbranched alkanes of at least 4 members (excludes halogenated alkanes) is 1. The lowest BCUT2D eigenvalue weighted by Gasteiger charge is -2.31. The number of amides is 1. The zero-order valence-electron chi connectivity index (χ0n) is 23.9. The SMILES string of the molecule is COc1cc(OC)cc(C(N)=O)c1.Cc1c(CN2CCCC(C)C2)ccc(OCCCCN(C)C)c1C. The normalized spacial score (nSPS) is 15.6. The van der Waals surface area contributed by atoms with Gasteiger partial charge in [0.25, 0.3) is 0 Å². The predicted molar refractivity (Wildman–Crippen MR) is 151 cm³/mol. The average Bonchev–Trinajstić information content (AvgIpc) is 2.87. The molecule has 0 spiro atoms. The van der Waals surface area contributed by atoms with Gasteiger partial charge < -0.3 is 24.8 Å². The summed E-state index contributed by atoms with van der Waals surface area (Å²) in [5, 5.41) is 0. The molecule has 1 heterocycles. The van der Waals surface area contributed by atoms with E-state index in [2.05, 4.69) is 56.8 Å². The van der Waals surface area contributed by atoms with Crippen molar-refractivity contribution < 1.29 is 19.0 Å². The van der Waals surface area contributed by atoms with E-state index in [1.165, 1.54) is 63.3 Å². The van der Waals surface area contributed by atoms with Gasteiger partial charge in [0.2, 0.25) is 5.91 Å². The fraction of sp³-hybridized carbons (Fsp3) is 0.567. The minimum absolute atomic E-state index is 0.371. The molecule has 0 aromatic heterocycles. The van der Waals surface area contributed by atoms with Crippen molar-refractivity contribution in [2.45, 2.75) is 53.0 Å². The van der Waals surface area contributed by atoms with E-state index in [9.17, 15) is 4.79 Å². The molecule has 2 aromatic carbocycles. The molecular weight excluding hydrogens is 466 g/mol. The highest BCUT2D eigenvalue weighted by Gasteiger charge is 2.18. The van der Waals surface area contributed by atoms with Crippen molar-refractivity contribution in [3.8, 4) is 17.2 Å². The Labute approximate surface area is 223 Å². The topological polar surface area (TPSA) is 77.3 Å². The van der Waals surface area contributed by atoms with Gasteiger partial charge in [-0.15, -0.1) is 0 Å². The maximum absolute atomic E-state index is 10.8. The lowest BCUT2D eigenvalue weighted by atomic mass is 9.97. The first-order valence-electron chi connectivity index (χ1n) is 13.3. The molecule has 2 aromatic rings. The summed E-state index contributed by atoms with van der Waals surface area (Å²) in [6, 6.07) is 9.25. The monoisotopic (exact) mass is 513 g/mol. The highest BCUT2D eigenvalue weighted by atomic mass is 16.5. The van der Waals surface area contributed by atoms with Gasteiger partial charge in [-0.1, -0.05) is 13.0 Å². The number of carbonyl (C=O) groups is 1. The standard InChI is InChI=1S/C21H36N2O.C9H11NO3/c1-17-9-8-13-23(15-17)16-20-10-11-21(19(3)18(20)2)24-14-7-6-12-22(4)5;1-12-7-3-6(9(10)11)4-8(5-7)13-2/h10-11,17H,6-9,12-16H2,1-5H3;3-5H,1-2H3,(H2,10,11). The quantitative estimate of drug-likeness (QED) is 0.423. The summed E-state index contributed by atoms with van der Waals surface area (Å²) in [7, 11) is 7.27. The number of piperidine rings is 1. The molecule has 1 aliphatic heterocycles. The Morgan fingerprint density at radius 2 is 1.73 bits per heavy atom. The molecule has 1 aliphatic rings. The van der Waals surface area contributed by atoms with Gasteiger partial charge in [-0.05, 0) is 108 Å². The Morgan fingerprint density at radius 1 is 1.05 bits per heavy atom. The number of methoxy groups -OCH3 is 2. The molecule has 1 saturated heterocycles. The smallest absolute Gasteiger partial charge is 0.248 e. The van der Waals surface area contributed by atoms with E-state index in [0.717, 1.165) is 37.8 Å². The summed E-state index contributed by atoms with van der Waals surface area (Å²) in [5.41, 5.74) is 9.65. The molecule has 1 amide bonds. The Balaban J connectivity index is 0.000000312. The Hall–Kier alpha value is -2.77. The van der Waals surface area contributed by atoms with Crippen LogP contribution in [0.4, 0.5) is 0 Å². The van der Waals surface area contributed by atoms with Gasteiger partial charge in [0.15, 0.2) is 0 Å². The molecule has 0 saturated carbocycles. The van der Waals surface area contributed by atoms with Crippen LogP contribution in [0.5, 0.6) is 17.2 Å². The lowest BCUT2D eigenvalue weighted by Crippen LogP contribution is -2.33. The third-order valence-electron chi connectivity index (χ3n) is 6.88. The van der Waals surface area contributed by atoms with Crippen molar-refractivity contribution in [3.05, 3.63) is 52.6 Å². The van der Waals surface area contributed by atoms with Crippen molar-refractivity contribution >= 4 is 5.91 Å². The lowest BCUT2D eigenvalue weighted by molar-refractivity contribution is 0.0999. The third-order valence-corrected chi connectivity index (χ3v) is 6.88. The number of likely N-dealkylation sites (tertiary alicyclic amines) is 1. The zero-order chi connectivity index (χ0) is 27.4. The van der Waals surface area contributed by atoms with Gasteiger partial charge >= 0.3 is 0 Å². The van der Waals surface area contributed by atoms with Crippen LogP contribution in [0.1, 0.15) is 59.7 Å². The summed E-state index contributed by atoms with van der Waals surface area (Å²) >= 11 is 0. The largest absolute Gasteiger partial charge is 0.497 e. The predicted octanol–water partition coefficient (Wildman–Crippen LogP) is 5.06. The van der Waals surface area contributed by atoms with Crippen molar-refractivity contribution in [2.75, 3.05) is 54.6 Å². The van der Waals surface area contributed by atoms with Gasteiger partial charge in [-0.2, -0.15) is 0 Å². The van der Waals surface area contributed by atoms with E-state index in [1.54, 1.807) is 18.2 Å². The molecular formula is C30H47N3O4. The number of ether oxygens (including phenoxy) is 3. The molecule has 1 atom stereocenters. The molecule has 0 aliphatic carbocycles. The van der Waals surface area contributed by atoms with Crippen LogP contribution in [0, 0.1) is 19.8 Å². The average molecular weight is 514 g/mol. The first-order chi connectivity index (χ1) is 17.6. The summed E-state index contributed by atoms with van der Waals surface area (Å²) in [6.07, 6.45) is 5.03. The molecule has 0 bridgehead atoms. The molecule has 37 heavy (non-hydrogen) atoms. The number of primary amides is 1. The van der Waals surface area contributed by atoms with E-state index >= 15 is 0 Å². The Bertz CT molecular complexity index is 971. The summed E-state index contributed by atoms with van der Waals surface area (Å²) in [5.74, 6) is 2.50. The molecule has 3 rings (SSSR count). The number of hydrogen-bond acceptors (Lipinski definition) is 6. The molecule has 1 unspecified atom stereocenters. The first kappa shape index (κ1) is 30.5. The molecule has 2 N–H and O–H groups in total. The van der Waals surface area contributed by atoms with Gasteiger partial charge in [0, 0.05) is 24.7 Å². The van der Waals surface area contributed by atoms with Crippen LogP contribution in [-0.4, -0.2) is 70.3 Å². The maximum atomic E-state index is 10.8. The van der Waals surface area contributed by atoms with Crippen LogP contribution in [0.25, 0.3) is 0 Å². The third kappa shape index (κ3) is 10.3. The van der Waals surface area contributed by atoms with Gasteiger partial charge in [-0.3, -0.25) is 9.69 Å². The molecule has 206 valence electrons. The van der Waals surface area contributed by atoms with Crippen molar-refractivity contribution in [2.24, 2.45) is 11.7 Å². The summed E-state index contributed by atoms with van der Waals surface area (Å²) in [4.78, 5) is 15.7. The van der Waals surface area contributed by atoms with Gasteiger partial charge in [0.05, 0.1) is 20.8 Å². The van der Waals surface area contributed by atoms with Crippen LogP contribution >= 0.6 is 0 Å². The second-order valence-electron chi connectivity index (χ2n) is 10.3. The first-order valence-corrected chi connectivity index (χ1v) is 13.3. The molecule has 7 heteroatoms. The van der Waals surface area contributed by atoms with Crippen LogP contribution in [0.15, 0.2) is 30.3 Å². The van der Waals surface area contributed by atoms with Gasteiger partial charge in [-0.25, -0.2) is 0 Å². The number of rotatable bonds is 11. The summed E-state index contributed by atoms with van der Waals surface area (Å²) < 4.78 is 15.9. The fourth-order valence-electron chi connectivity index (χ4n) is 4.51. The Kier molecular flexibility index (Phi) is 12.7.